The topological polar surface area (TPSA) is 65.0 Å². The van der Waals surface area contributed by atoms with E-state index in [-0.39, 0.29) is 12.2 Å². The molecule has 0 aromatic carbocycles. The van der Waals surface area contributed by atoms with E-state index in [0.717, 1.165) is 0 Å². The first-order valence-electron chi connectivity index (χ1n) is 4.58. The summed E-state index contributed by atoms with van der Waals surface area (Å²) in [7, 11) is -3.83. The van der Waals surface area contributed by atoms with Crippen LogP contribution < -0.4 is 0 Å². The number of phosphoric ester groups is 1. The molecule has 5 nitrogen and oxygen atoms in total. The molecule has 0 aromatic heterocycles. The lowest BCUT2D eigenvalue weighted by Gasteiger charge is -2.20. The lowest BCUT2D eigenvalue weighted by Crippen LogP contribution is -2.10. The highest BCUT2D eigenvalue weighted by atomic mass is 31.2. The molecule has 1 N–H and O–H groups in total. The van der Waals surface area contributed by atoms with Crippen LogP contribution in [-0.2, 0) is 18.1 Å². The summed E-state index contributed by atoms with van der Waals surface area (Å²) in [5.41, 5.74) is 0. The van der Waals surface area contributed by atoms with Gasteiger partial charge in [0.05, 0.1) is 13.6 Å². The first-order valence-corrected chi connectivity index (χ1v) is 5.47. The quantitative estimate of drug-likeness (QED) is 0.539. The van der Waals surface area contributed by atoms with E-state index in [1.54, 1.807) is 27.7 Å². The van der Waals surface area contributed by atoms with E-state index >= 15 is 0 Å². The normalized spacial score (nSPS) is 16.4. The predicted octanol–water partition coefficient (Wildman–Crippen LogP) is 1.91. The Kier molecular flexibility index (Phi) is 4.91. The van der Waals surface area contributed by atoms with E-state index in [2.05, 4.69) is 4.52 Å². The summed E-state index contributed by atoms with van der Waals surface area (Å²) >= 11 is 0. The van der Waals surface area contributed by atoms with Crippen LogP contribution in [0.3, 0.4) is 0 Å². The van der Waals surface area contributed by atoms with Crippen molar-refractivity contribution in [1.82, 2.24) is 0 Å². The first kappa shape index (κ1) is 11.1. The van der Waals surface area contributed by atoms with E-state index in [1.165, 1.54) is 0 Å². The maximum Gasteiger partial charge on any atom is 0.477 e. The van der Waals surface area contributed by atoms with Gasteiger partial charge in [0.25, 0.3) is 0 Å². The third-order valence-corrected chi connectivity index (χ3v) is 2.57. The van der Waals surface area contributed by atoms with Gasteiger partial charge in [0, 0.05) is 0 Å². The predicted molar refractivity (Wildman–Crippen MR) is 48.2 cm³/mol. The van der Waals surface area contributed by atoms with Crippen LogP contribution in [0.5, 0.6) is 0 Å². The Balaban J connectivity index is 4.41. The molecule has 0 spiro atoms. The molecule has 0 aliphatic carbocycles. The molecule has 80 valence electrons. The molecule has 0 rings (SSSR count). The Morgan fingerprint density at radius 3 is 1.92 bits per heavy atom. The molecule has 0 bridgehead atoms. The van der Waals surface area contributed by atoms with Gasteiger partial charge in [-0.25, -0.2) is 4.57 Å². The van der Waals surface area contributed by atoms with Crippen LogP contribution in [-0.4, -0.2) is 24.1 Å². The van der Waals surface area contributed by atoms with Gasteiger partial charge in [0.15, 0.2) is 6.77 Å². The number of rotatable bonds is 6. The molecular formula is C7H17O5P. The number of hydrogen-bond donors (Lipinski definition) is 1. The fourth-order valence-electron chi connectivity index (χ4n) is 0.649. The van der Waals surface area contributed by atoms with Gasteiger partial charge in [-0.3, -0.25) is 13.6 Å². The van der Waals surface area contributed by atoms with Crippen LogP contribution in [0.2, 0.25) is 0 Å². The summed E-state index contributed by atoms with van der Waals surface area (Å²) < 4.78 is 32.6. The molecule has 0 aliphatic heterocycles. The Morgan fingerprint density at radius 1 is 1.31 bits per heavy atom. The molecule has 0 aromatic rings. The third-order valence-electron chi connectivity index (χ3n) is 0.856. The smallest absolute Gasteiger partial charge is 0.370 e. The van der Waals surface area contributed by atoms with E-state index < -0.39 is 14.6 Å². The zero-order valence-corrected chi connectivity index (χ0v) is 9.15. The van der Waals surface area contributed by atoms with Crippen LogP contribution >= 0.6 is 7.82 Å². The minimum absolute atomic E-state index is 0.377. The Hall–Kier alpha value is 0.0700. The number of phosphoric acid groups is 1. The van der Waals surface area contributed by atoms with E-state index in [1.807, 2.05) is 0 Å². The number of hydrogen-bond acceptors (Lipinski definition) is 5. The van der Waals surface area contributed by atoms with Crippen molar-refractivity contribution in [3.63, 3.8) is 0 Å². The standard InChI is InChI=1S/C7H17O5P/c1-6(2)11-13(9,10-5-8)12-7(3)4/h6-8H,5H2,1-4H3/i5D/t5-/m0/s1. The van der Waals surface area contributed by atoms with Crippen molar-refractivity contribution >= 4 is 7.82 Å². The van der Waals surface area contributed by atoms with Crippen molar-refractivity contribution in [2.75, 3.05) is 6.77 Å². The molecule has 0 heterocycles. The average molecular weight is 213 g/mol. The molecule has 0 radical (unpaired) electrons. The monoisotopic (exact) mass is 213 g/mol. The molecule has 0 saturated carbocycles. The summed E-state index contributed by atoms with van der Waals surface area (Å²) in [6.07, 6.45) is -0.753. The van der Waals surface area contributed by atoms with Crippen LogP contribution in [0.4, 0.5) is 0 Å². The van der Waals surface area contributed by atoms with Gasteiger partial charge in [-0.05, 0) is 27.7 Å². The van der Waals surface area contributed by atoms with E-state index in [4.69, 9.17) is 15.5 Å². The van der Waals surface area contributed by atoms with Crippen molar-refractivity contribution in [1.29, 1.82) is 0 Å². The largest absolute Gasteiger partial charge is 0.477 e. The Morgan fingerprint density at radius 2 is 1.69 bits per heavy atom. The minimum Gasteiger partial charge on any atom is -0.370 e. The molecule has 0 unspecified atom stereocenters. The van der Waals surface area contributed by atoms with Crippen molar-refractivity contribution < 1.29 is 24.6 Å². The summed E-state index contributed by atoms with van der Waals surface area (Å²) in [5, 5.41) is 8.63. The zero-order chi connectivity index (χ0) is 11.4. The van der Waals surface area contributed by atoms with Crippen LogP contribution in [0.15, 0.2) is 0 Å². The second-order valence-corrected chi connectivity index (χ2v) is 4.49. The fraction of sp³-hybridized carbons (Fsp3) is 1.00. The molecule has 0 aliphatic rings. The van der Waals surface area contributed by atoms with Crippen LogP contribution in [0.1, 0.15) is 29.1 Å². The lowest BCUT2D eigenvalue weighted by molar-refractivity contribution is 0.0184. The van der Waals surface area contributed by atoms with Crippen LogP contribution in [0.25, 0.3) is 0 Å². The maximum absolute atomic E-state index is 11.7. The third kappa shape index (κ3) is 6.18. The highest BCUT2D eigenvalue weighted by molar-refractivity contribution is 7.48. The van der Waals surface area contributed by atoms with Gasteiger partial charge in [-0.15, -0.1) is 0 Å². The van der Waals surface area contributed by atoms with E-state index in [0.29, 0.717) is 0 Å². The Labute approximate surface area is 80.0 Å². The molecule has 0 amide bonds. The number of aliphatic hydroxyl groups is 1. The average Bonchev–Trinajstić information content (AvgIpc) is 1.76. The minimum atomic E-state index is -3.83. The van der Waals surface area contributed by atoms with Gasteiger partial charge < -0.3 is 5.11 Å². The van der Waals surface area contributed by atoms with Crippen LogP contribution in [0, 0.1) is 0 Å². The Bertz CT molecular complexity index is 173. The fourth-order valence-corrected chi connectivity index (χ4v) is 1.95. The van der Waals surface area contributed by atoms with E-state index in [9.17, 15) is 4.57 Å². The molecule has 6 heteroatoms. The summed E-state index contributed by atoms with van der Waals surface area (Å²) in [5.74, 6) is 0. The van der Waals surface area contributed by atoms with Crippen molar-refractivity contribution in [2.45, 2.75) is 39.9 Å². The molecule has 13 heavy (non-hydrogen) atoms. The molecule has 0 fully saturated rings. The molecule has 1 atom stereocenters. The van der Waals surface area contributed by atoms with Gasteiger partial charge in [0.2, 0.25) is 0 Å². The highest BCUT2D eigenvalue weighted by Crippen LogP contribution is 2.51. The number of aliphatic hydroxyl groups excluding tert-OH is 1. The first-order chi connectivity index (χ1) is 6.25. The zero-order valence-electron chi connectivity index (χ0n) is 9.26. The van der Waals surface area contributed by atoms with Gasteiger partial charge >= 0.3 is 7.82 Å². The summed E-state index contributed by atoms with van der Waals surface area (Å²) in [6, 6.07) is 0. The summed E-state index contributed by atoms with van der Waals surface area (Å²) in [4.78, 5) is 0. The second-order valence-electron chi connectivity index (χ2n) is 2.97. The van der Waals surface area contributed by atoms with Gasteiger partial charge in [-0.1, -0.05) is 0 Å². The van der Waals surface area contributed by atoms with Crippen molar-refractivity contribution in [2.24, 2.45) is 0 Å². The maximum atomic E-state index is 11.7. The summed E-state index contributed by atoms with van der Waals surface area (Å²) in [6.45, 7) is 4.66. The molecule has 0 saturated heterocycles. The SMILES string of the molecule is [2H][C@@H](O)OP(=O)(OC(C)C)OC(C)C. The second kappa shape index (κ2) is 5.73. The highest BCUT2D eigenvalue weighted by Gasteiger charge is 2.29. The van der Waals surface area contributed by atoms with Gasteiger partial charge in [0.1, 0.15) is 0 Å². The lowest BCUT2D eigenvalue weighted by atomic mass is 10.5. The molecular weight excluding hydrogens is 195 g/mol. The van der Waals surface area contributed by atoms with Crippen molar-refractivity contribution in [3.05, 3.63) is 0 Å². The van der Waals surface area contributed by atoms with Crippen molar-refractivity contribution in [3.8, 4) is 0 Å². The van der Waals surface area contributed by atoms with Gasteiger partial charge in [-0.2, -0.15) is 0 Å².